The molecule has 2 aliphatic rings. The van der Waals surface area contributed by atoms with E-state index in [1.54, 1.807) is 116 Å². The van der Waals surface area contributed by atoms with Crippen LogP contribution < -0.4 is 26.7 Å². The Labute approximate surface area is 494 Å². The van der Waals surface area contributed by atoms with Gasteiger partial charge in [-0.1, -0.05) is 70.7 Å². The molecule has 1 unspecified atom stereocenters. The van der Waals surface area contributed by atoms with Crippen LogP contribution in [0.25, 0.3) is 22.2 Å². The molecular formula is C57H46Cl5F4N5O12. The van der Waals surface area contributed by atoms with Crippen molar-refractivity contribution in [1.82, 2.24) is 14.9 Å². The third kappa shape index (κ3) is 16.6. The predicted molar refractivity (Wildman–Crippen MR) is 306 cm³/mol. The van der Waals surface area contributed by atoms with E-state index in [2.05, 4.69) is 25.4 Å². The molecule has 4 N–H and O–H groups in total. The summed E-state index contributed by atoms with van der Waals surface area (Å²) in [4.78, 5) is 92.2. The molecule has 0 bridgehead atoms. The number of ketones is 2. The molecule has 17 nitrogen and oxygen atoms in total. The third-order valence-electron chi connectivity index (χ3n) is 11.6. The van der Waals surface area contributed by atoms with Crippen LogP contribution in [0.2, 0.25) is 20.1 Å². The fourth-order valence-corrected chi connectivity index (χ4v) is 8.57. The monoisotopic (exact) mass is 1240 g/mol. The molecule has 83 heavy (non-hydrogen) atoms. The van der Waals surface area contributed by atoms with Crippen LogP contribution in [-0.2, 0) is 19.1 Å². The Morgan fingerprint density at radius 2 is 1.23 bits per heavy atom. The zero-order valence-corrected chi connectivity index (χ0v) is 47.4. The molecule has 8 aromatic rings. The number of hydrogen-bond donors (Lipinski definition) is 3. The number of hydrogen-bond acceptors (Lipinski definition) is 14. The minimum Gasteiger partial charge on any atom is -0.460 e. The maximum Gasteiger partial charge on any atom is 0.417 e. The maximum absolute atomic E-state index is 14.3. The summed E-state index contributed by atoms with van der Waals surface area (Å²) in [7, 11) is 0. The van der Waals surface area contributed by atoms with Crippen LogP contribution in [0.4, 0.5) is 17.6 Å². The number of nitrogens with zero attached hydrogens (tertiary/aromatic N) is 2. The molecule has 0 saturated heterocycles. The highest BCUT2D eigenvalue weighted by molar-refractivity contribution is 6.42. The zero-order valence-electron chi connectivity index (χ0n) is 43.5. The first-order chi connectivity index (χ1) is 38.9. The van der Waals surface area contributed by atoms with Gasteiger partial charge in [0.1, 0.15) is 29.3 Å². The van der Waals surface area contributed by atoms with Crippen molar-refractivity contribution in [3.05, 3.63) is 196 Å². The van der Waals surface area contributed by atoms with Gasteiger partial charge in [-0.05, 0) is 97.4 Å². The van der Waals surface area contributed by atoms with Crippen molar-refractivity contribution in [2.24, 2.45) is 10.7 Å². The highest BCUT2D eigenvalue weighted by Gasteiger charge is 2.47. The lowest BCUT2D eigenvalue weighted by atomic mass is 9.91. The van der Waals surface area contributed by atoms with Gasteiger partial charge in [0.05, 0.1) is 81.1 Å². The number of para-hydroxylation sites is 2. The van der Waals surface area contributed by atoms with Gasteiger partial charge in [-0.3, -0.25) is 34.1 Å². The number of alkyl halides is 4. The molecule has 1 amide bonds. The number of aliphatic imine (C=N–C) groups is 1. The lowest BCUT2D eigenvalue weighted by Crippen LogP contribution is -2.40. The number of benzene rings is 6. The predicted octanol–water partition coefficient (Wildman–Crippen LogP) is 13.0. The molecule has 0 saturated carbocycles. The van der Waals surface area contributed by atoms with Gasteiger partial charge in [-0.2, -0.15) is 0 Å². The number of aldehydes is 1. The SMILES string of the molecule is CC(F)(F)CN.CC(F)(F)CN1C(=O)C2=C(C(c3cccc4[nH]c(=O)oc34)=NC2)C1c1ccc(Oc2ccc(Cl)c(Cl)c2)cc1.CCOC(=O)C(=O)CC(=O)c1cccc2[nH]c(=O)oc12.Cl.O=Cc1ccc(Oc2ccc(Cl)c(Cl)c2)cc1. The zero-order chi connectivity index (χ0) is 59.6. The van der Waals surface area contributed by atoms with Gasteiger partial charge in [0.15, 0.2) is 16.9 Å². The summed E-state index contributed by atoms with van der Waals surface area (Å²) < 4.78 is 77.3. The van der Waals surface area contributed by atoms with Crippen LogP contribution in [0.15, 0.2) is 156 Å². The van der Waals surface area contributed by atoms with Crippen molar-refractivity contribution in [2.45, 2.75) is 45.1 Å². The van der Waals surface area contributed by atoms with Gasteiger partial charge in [-0.25, -0.2) is 31.9 Å². The number of Topliss-reactive ketones (excluding diaryl/α,β-unsaturated/α-hetero) is 2. The topological polar surface area (TPSA) is 247 Å². The Morgan fingerprint density at radius 1 is 0.723 bits per heavy atom. The van der Waals surface area contributed by atoms with E-state index in [1.807, 2.05) is 0 Å². The normalized spacial score (nSPS) is 13.5. The minimum absolute atomic E-state index is 0. The molecule has 2 aliphatic heterocycles. The molecule has 0 aliphatic carbocycles. The number of carbonyl (C=O) groups is 5. The minimum atomic E-state index is -3.13. The number of halogens is 9. The number of carbonyl (C=O) groups excluding carboxylic acids is 5. The summed E-state index contributed by atoms with van der Waals surface area (Å²) in [5.41, 5.74) is 8.77. The van der Waals surface area contributed by atoms with Gasteiger partial charge in [0, 0.05) is 48.3 Å². The molecule has 4 heterocycles. The number of nitrogens with one attached hydrogen (secondary N) is 2. The molecule has 0 fully saturated rings. The molecule has 6 aromatic carbocycles. The lowest BCUT2D eigenvalue weighted by molar-refractivity contribution is -0.153. The highest BCUT2D eigenvalue weighted by atomic mass is 35.5. The number of aromatic amines is 2. The first kappa shape index (κ1) is 64.1. The second-order valence-electron chi connectivity index (χ2n) is 18.0. The fraction of sp³-hybridized carbons (Fsp3) is 0.193. The van der Waals surface area contributed by atoms with Crippen LogP contribution in [0.3, 0.4) is 0 Å². The Hall–Kier alpha value is -8.05. The van der Waals surface area contributed by atoms with E-state index in [-0.39, 0.29) is 42.3 Å². The fourth-order valence-electron chi connectivity index (χ4n) is 8.00. The quantitative estimate of drug-likeness (QED) is 0.0216. The molecule has 0 radical (unpaired) electrons. The second-order valence-corrected chi connectivity index (χ2v) is 19.6. The molecule has 26 heteroatoms. The van der Waals surface area contributed by atoms with E-state index < -0.39 is 72.4 Å². The summed E-state index contributed by atoms with van der Waals surface area (Å²) in [6.07, 6.45) is 0.149. The van der Waals surface area contributed by atoms with Gasteiger partial charge in [-0.15, -0.1) is 12.4 Å². The first-order valence-electron chi connectivity index (χ1n) is 24.3. The molecule has 1 atom stereocenters. The van der Waals surface area contributed by atoms with Crippen molar-refractivity contribution in [2.75, 3.05) is 26.2 Å². The summed E-state index contributed by atoms with van der Waals surface area (Å²) in [6.45, 7) is 1.87. The molecule has 0 spiro atoms. The van der Waals surface area contributed by atoms with Crippen molar-refractivity contribution in [3.63, 3.8) is 0 Å². The smallest absolute Gasteiger partial charge is 0.417 e. The van der Waals surface area contributed by atoms with Crippen LogP contribution in [0.5, 0.6) is 23.0 Å². The third-order valence-corrected chi connectivity index (χ3v) is 13.1. The Morgan fingerprint density at radius 3 is 1.73 bits per heavy atom. The number of oxazole rings is 2. The van der Waals surface area contributed by atoms with Crippen molar-refractivity contribution < 1.29 is 64.6 Å². The van der Waals surface area contributed by atoms with Crippen molar-refractivity contribution in [3.8, 4) is 23.0 Å². The largest absolute Gasteiger partial charge is 0.460 e. The van der Waals surface area contributed by atoms with Crippen LogP contribution in [-0.4, -0.2) is 88.4 Å². The molecular weight excluding hydrogens is 1200 g/mol. The number of fused-ring (bicyclic) bond motifs is 2. The second kappa shape index (κ2) is 27.8. The van der Waals surface area contributed by atoms with Gasteiger partial charge >= 0.3 is 17.5 Å². The number of nitrogens with two attached hydrogens (primary N) is 1. The Bertz CT molecular complexity index is 3890. The van der Waals surface area contributed by atoms with Crippen LogP contribution in [0.1, 0.15) is 65.1 Å². The van der Waals surface area contributed by atoms with Crippen LogP contribution in [0, 0.1) is 0 Å². The number of H-pyrrole nitrogens is 2. The number of aromatic nitrogens is 2. The van der Waals surface area contributed by atoms with Crippen molar-refractivity contribution >= 4 is 116 Å². The van der Waals surface area contributed by atoms with Gasteiger partial charge < -0.3 is 33.7 Å². The summed E-state index contributed by atoms with van der Waals surface area (Å²) >= 11 is 23.7. The number of rotatable bonds is 15. The summed E-state index contributed by atoms with van der Waals surface area (Å²) in [5.74, 6) is -8.08. The van der Waals surface area contributed by atoms with E-state index in [9.17, 15) is 51.1 Å². The van der Waals surface area contributed by atoms with Gasteiger partial charge in [0.2, 0.25) is 5.78 Å². The van der Waals surface area contributed by atoms with E-state index in [0.717, 1.165) is 20.1 Å². The molecule has 434 valence electrons. The molecule has 10 rings (SSSR count). The van der Waals surface area contributed by atoms with Crippen molar-refractivity contribution in [1.29, 1.82) is 0 Å². The van der Waals surface area contributed by atoms with Crippen LogP contribution >= 0.6 is 58.8 Å². The number of esters is 1. The lowest BCUT2D eigenvalue weighted by Gasteiger charge is -2.30. The van der Waals surface area contributed by atoms with E-state index in [4.69, 9.17) is 64.7 Å². The Kier molecular flexibility index (Phi) is 21.5. The standard InChI is InChI=1S/C28H19Cl2F2N3O4.C13H8Cl2O2.C13H11NO6.C3H7F2N.ClH/c1-28(31,32)13-35-24(14-5-7-15(8-6-14)38-16-9-10-19(29)20(30)11-16)22-18(26(35)36)12-33-23(22)17-3-2-4-21-25(17)39-27(37)34-21;14-12-6-5-11(7-13(12)15)17-10-3-1-9(8-16)2-4-10;1-2-19-12(17)10(16)6-9(15)7-4-3-5-8-11(7)20-13(18)14-8;1-3(4,5)2-6;/h2-11,24H,12-13H2,1H3,(H,34,37);1-8H;3-5H,2,6H2,1H3,(H,14,18);2,6H2,1H3;1H. The first-order valence-corrected chi connectivity index (χ1v) is 25.8. The van der Waals surface area contributed by atoms with E-state index in [1.165, 1.54) is 17.0 Å². The average Bonchev–Trinajstić information content (AvgIpc) is 4.42. The Balaban J connectivity index is 0.000000210. The number of amides is 1. The molecule has 2 aromatic heterocycles. The van der Waals surface area contributed by atoms with E-state index >= 15 is 0 Å². The van der Waals surface area contributed by atoms with Gasteiger partial charge in [0.25, 0.3) is 17.8 Å². The number of ether oxygens (including phenoxy) is 3. The summed E-state index contributed by atoms with van der Waals surface area (Å²) in [6, 6.07) is 32.3. The maximum atomic E-state index is 14.3. The average molecular weight is 1250 g/mol. The van der Waals surface area contributed by atoms with E-state index in [0.29, 0.717) is 87.7 Å². The highest BCUT2D eigenvalue weighted by Crippen LogP contribution is 2.45. The summed E-state index contributed by atoms with van der Waals surface area (Å²) in [5, 5.41) is 1.65.